The summed E-state index contributed by atoms with van der Waals surface area (Å²) in [7, 11) is 1.98. The number of likely N-dealkylation sites (tertiary alicyclic amines) is 1. The highest BCUT2D eigenvalue weighted by atomic mass is 32.2. The third kappa shape index (κ3) is 5.30. The summed E-state index contributed by atoms with van der Waals surface area (Å²) in [6.07, 6.45) is 12.2. The van der Waals surface area contributed by atoms with Crippen LogP contribution in [0.4, 0.5) is 0 Å². The maximum absolute atomic E-state index is 13.1. The Morgan fingerprint density at radius 2 is 2.13 bits per heavy atom. The van der Waals surface area contributed by atoms with Crippen LogP contribution in [-0.4, -0.2) is 54.2 Å². The molecule has 0 spiro atoms. The number of carbonyl (C=O) groups is 1. The van der Waals surface area contributed by atoms with E-state index in [2.05, 4.69) is 16.5 Å². The van der Waals surface area contributed by atoms with E-state index in [-0.39, 0.29) is 11.7 Å². The Morgan fingerprint density at radius 3 is 2.83 bits per heavy atom. The van der Waals surface area contributed by atoms with Gasteiger partial charge in [0.05, 0.1) is 5.70 Å². The molecule has 2 aliphatic rings. The summed E-state index contributed by atoms with van der Waals surface area (Å²) in [4.78, 5) is 27.5. The lowest BCUT2D eigenvalue weighted by Crippen LogP contribution is -2.48. The molecule has 1 aromatic rings. The molecule has 1 aromatic carbocycles. The fourth-order valence-electron chi connectivity index (χ4n) is 3.72. The van der Waals surface area contributed by atoms with Gasteiger partial charge < -0.3 is 9.80 Å². The summed E-state index contributed by atoms with van der Waals surface area (Å²) in [6.45, 7) is 7.64. The van der Waals surface area contributed by atoms with E-state index in [1.165, 1.54) is 4.90 Å². The van der Waals surface area contributed by atoms with Gasteiger partial charge in [-0.25, -0.2) is 4.99 Å². The number of piperidine rings is 1. The molecule has 0 bridgehead atoms. The van der Waals surface area contributed by atoms with Gasteiger partial charge in [0.25, 0.3) is 0 Å². The highest BCUT2D eigenvalue weighted by molar-refractivity contribution is 7.98. The topological polar surface area (TPSA) is 48.3 Å². The van der Waals surface area contributed by atoms with Crippen LogP contribution in [0.5, 0.6) is 0 Å². The standard InChI is InChI=1S/C24H30N4OS/c1-5-25-14-6-9-21-16-18(2)27(3)24(26-21)28-15-7-8-20(17-28)23(29)19-10-12-22(30-4)13-11-19/h5-6,10-14,16,20H,2,7-9,15,17H2,1,3-4H3/b14-6-,25-5?. The monoisotopic (exact) mass is 422 g/mol. The van der Waals surface area contributed by atoms with Crippen LogP contribution < -0.4 is 0 Å². The van der Waals surface area contributed by atoms with Crippen molar-refractivity contribution < 1.29 is 4.79 Å². The number of rotatable bonds is 6. The van der Waals surface area contributed by atoms with Crippen LogP contribution in [-0.2, 0) is 0 Å². The maximum atomic E-state index is 13.1. The van der Waals surface area contributed by atoms with E-state index in [0.29, 0.717) is 13.0 Å². The van der Waals surface area contributed by atoms with Gasteiger partial charge in [0, 0.05) is 61.0 Å². The zero-order valence-corrected chi connectivity index (χ0v) is 18.9. The number of allylic oxidation sites excluding steroid dienone is 2. The predicted octanol–water partition coefficient (Wildman–Crippen LogP) is 5.00. The number of nitrogens with zero attached hydrogens (tertiary/aromatic N) is 4. The van der Waals surface area contributed by atoms with Gasteiger partial charge in [0.2, 0.25) is 5.96 Å². The van der Waals surface area contributed by atoms with Gasteiger partial charge in [-0.3, -0.25) is 9.79 Å². The van der Waals surface area contributed by atoms with Crippen LogP contribution in [0.15, 0.2) is 75.5 Å². The number of Topliss-reactive ketones (excluding diaryl/α,β-unsaturated/α-hetero) is 1. The number of ketones is 1. The van der Waals surface area contributed by atoms with Gasteiger partial charge in [0.15, 0.2) is 5.78 Å². The van der Waals surface area contributed by atoms with Gasteiger partial charge in [-0.2, -0.15) is 0 Å². The normalized spacial score (nSPS) is 20.1. The molecule has 6 heteroatoms. The second kappa shape index (κ2) is 10.4. The number of benzene rings is 1. The van der Waals surface area contributed by atoms with E-state index in [0.717, 1.165) is 42.3 Å². The Morgan fingerprint density at radius 1 is 1.37 bits per heavy atom. The van der Waals surface area contributed by atoms with Crippen molar-refractivity contribution in [2.24, 2.45) is 15.9 Å². The first-order valence-corrected chi connectivity index (χ1v) is 11.5. The van der Waals surface area contributed by atoms with Gasteiger partial charge in [-0.15, -0.1) is 11.8 Å². The SMILES string of the molecule is C=C1C=C(C/C=C\N=CC)N=C(N2CCCC(C(=O)c3ccc(SC)cc3)C2)N1C. The lowest BCUT2D eigenvalue weighted by Gasteiger charge is -2.39. The van der Waals surface area contributed by atoms with E-state index < -0.39 is 0 Å². The zero-order valence-electron chi connectivity index (χ0n) is 18.0. The molecule has 2 aliphatic heterocycles. The molecule has 1 saturated heterocycles. The van der Waals surface area contributed by atoms with Gasteiger partial charge in [-0.1, -0.05) is 24.8 Å². The second-order valence-electron chi connectivity index (χ2n) is 7.47. The van der Waals surface area contributed by atoms with Crippen LogP contribution in [0.2, 0.25) is 0 Å². The third-order valence-electron chi connectivity index (χ3n) is 5.42. The first-order valence-electron chi connectivity index (χ1n) is 10.3. The molecule has 1 atom stereocenters. The van der Waals surface area contributed by atoms with E-state index in [9.17, 15) is 4.79 Å². The minimum absolute atomic E-state index is 0.0172. The van der Waals surface area contributed by atoms with Crippen LogP contribution >= 0.6 is 11.8 Å². The summed E-state index contributed by atoms with van der Waals surface area (Å²) in [5.41, 5.74) is 2.66. The highest BCUT2D eigenvalue weighted by Crippen LogP contribution is 2.26. The molecular formula is C24H30N4OS. The number of carbonyl (C=O) groups excluding carboxylic acids is 1. The first kappa shape index (κ1) is 22.1. The average Bonchev–Trinajstić information content (AvgIpc) is 2.78. The Hall–Kier alpha value is -2.60. The molecule has 0 radical (unpaired) electrons. The maximum Gasteiger partial charge on any atom is 0.205 e. The summed E-state index contributed by atoms with van der Waals surface area (Å²) in [5, 5.41) is 0. The molecule has 0 aliphatic carbocycles. The van der Waals surface area contributed by atoms with Crippen molar-refractivity contribution in [2.45, 2.75) is 31.1 Å². The van der Waals surface area contributed by atoms with Crippen molar-refractivity contribution >= 4 is 29.7 Å². The predicted molar refractivity (Wildman–Crippen MR) is 127 cm³/mol. The molecule has 1 fully saturated rings. The largest absolute Gasteiger partial charge is 0.342 e. The number of guanidine groups is 1. The lowest BCUT2D eigenvalue weighted by molar-refractivity contribution is 0.0862. The average molecular weight is 423 g/mol. The molecule has 3 rings (SSSR count). The zero-order chi connectivity index (χ0) is 21.5. The highest BCUT2D eigenvalue weighted by Gasteiger charge is 2.30. The number of thioether (sulfide) groups is 1. The second-order valence-corrected chi connectivity index (χ2v) is 8.35. The third-order valence-corrected chi connectivity index (χ3v) is 6.17. The van der Waals surface area contributed by atoms with E-state index in [1.807, 2.05) is 61.5 Å². The molecule has 0 saturated carbocycles. The molecule has 30 heavy (non-hydrogen) atoms. The van der Waals surface area contributed by atoms with E-state index >= 15 is 0 Å². The molecule has 5 nitrogen and oxygen atoms in total. The lowest BCUT2D eigenvalue weighted by atomic mass is 9.90. The molecule has 0 N–H and O–H groups in total. The Balaban J connectivity index is 1.73. The van der Waals surface area contributed by atoms with E-state index in [4.69, 9.17) is 4.99 Å². The Kier molecular flexibility index (Phi) is 7.69. The summed E-state index contributed by atoms with van der Waals surface area (Å²) in [6, 6.07) is 7.94. The fourth-order valence-corrected chi connectivity index (χ4v) is 4.13. The first-order chi connectivity index (χ1) is 14.5. The minimum atomic E-state index is -0.0172. The van der Waals surface area contributed by atoms with Gasteiger partial charge in [-0.05, 0) is 44.2 Å². The molecule has 0 amide bonds. The molecular weight excluding hydrogens is 392 g/mol. The van der Waals surface area contributed by atoms with Crippen molar-refractivity contribution in [3.8, 4) is 0 Å². The van der Waals surface area contributed by atoms with Crippen LogP contribution in [0.3, 0.4) is 0 Å². The summed E-state index contributed by atoms with van der Waals surface area (Å²) < 4.78 is 0. The van der Waals surface area contributed by atoms with Crippen molar-refractivity contribution in [2.75, 3.05) is 26.4 Å². The molecule has 2 heterocycles. The number of aliphatic imine (C=N–C) groups is 2. The van der Waals surface area contributed by atoms with Crippen LogP contribution in [0.1, 0.15) is 36.5 Å². The van der Waals surface area contributed by atoms with Gasteiger partial charge >= 0.3 is 0 Å². The molecule has 1 unspecified atom stereocenters. The Labute approximate surface area is 184 Å². The van der Waals surface area contributed by atoms with Crippen LogP contribution in [0.25, 0.3) is 0 Å². The molecule has 158 valence electrons. The summed E-state index contributed by atoms with van der Waals surface area (Å²) >= 11 is 1.69. The number of hydrogen-bond donors (Lipinski definition) is 0. The van der Waals surface area contributed by atoms with Crippen molar-refractivity contribution in [1.29, 1.82) is 0 Å². The minimum Gasteiger partial charge on any atom is -0.342 e. The van der Waals surface area contributed by atoms with Crippen molar-refractivity contribution in [3.63, 3.8) is 0 Å². The number of hydrogen-bond acceptors (Lipinski definition) is 6. The van der Waals surface area contributed by atoms with Gasteiger partial charge in [0.1, 0.15) is 0 Å². The Bertz CT molecular complexity index is 898. The number of likely N-dealkylation sites (N-methyl/N-ethyl adjacent to an activating group) is 1. The molecule has 0 aromatic heterocycles. The van der Waals surface area contributed by atoms with Crippen molar-refractivity contribution in [3.05, 3.63) is 66.2 Å². The fraction of sp³-hybridized carbons (Fsp3) is 0.375. The smallest absolute Gasteiger partial charge is 0.205 e. The van der Waals surface area contributed by atoms with Crippen LogP contribution in [0, 0.1) is 5.92 Å². The quantitative estimate of drug-likeness (QED) is 0.368. The van der Waals surface area contributed by atoms with Crippen molar-refractivity contribution in [1.82, 2.24) is 9.80 Å². The van der Waals surface area contributed by atoms with E-state index in [1.54, 1.807) is 24.2 Å². The summed E-state index contributed by atoms with van der Waals surface area (Å²) in [5.74, 6) is 1.08.